The van der Waals surface area contributed by atoms with Gasteiger partial charge in [-0.05, 0) is 60.9 Å². The summed E-state index contributed by atoms with van der Waals surface area (Å²) >= 11 is 6.29. The Morgan fingerprint density at radius 1 is 1.17 bits per heavy atom. The largest absolute Gasteiger partial charge is 0.494 e. The summed E-state index contributed by atoms with van der Waals surface area (Å²) in [5, 5.41) is 6.16. The lowest BCUT2D eigenvalue weighted by atomic mass is 10.1. The average molecular weight is 329 g/mol. The molecule has 0 saturated heterocycles. The van der Waals surface area contributed by atoms with Crippen LogP contribution in [0.5, 0.6) is 5.75 Å². The molecule has 1 aliphatic carbocycles. The van der Waals surface area contributed by atoms with E-state index in [9.17, 15) is 0 Å². The van der Waals surface area contributed by atoms with Crippen LogP contribution < -0.4 is 20.6 Å². The van der Waals surface area contributed by atoms with E-state index in [1.54, 1.807) is 0 Å². The second kappa shape index (κ2) is 7.51. The number of anilines is 2. The molecule has 1 aliphatic rings. The molecule has 0 radical (unpaired) electrons. The minimum atomic E-state index is 0.764. The molecule has 1 N–H and O–H groups in total. The average Bonchev–Trinajstić information content (AvgIpc) is 2.57. The molecule has 23 heavy (non-hydrogen) atoms. The van der Waals surface area contributed by atoms with Gasteiger partial charge >= 0.3 is 0 Å². The third-order valence-electron chi connectivity index (χ3n) is 3.80. The summed E-state index contributed by atoms with van der Waals surface area (Å²) in [6.07, 6.45) is 6.25. The first kappa shape index (κ1) is 15.9. The van der Waals surface area contributed by atoms with Crippen molar-refractivity contribution in [3.05, 3.63) is 47.0 Å². The molecule has 2 aromatic rings. The topological polar surface area (TPSA) is 34.1 Å². The van der Waals surface area contributed by atoms with Crippen molar-refractivity contribution in [2.24, 2.45) is 0 Å². The Kier molecular flexibility index (Phi) is 5.19. The first-order chi connectivity index (χ1) is 11.3. The van der Waals surface area contributed by atoms with E-state index in [-0.39, 0.29) is 0 Å². The molecule has 0 spiro atoms. The van der Waals surface area contributed by atoms with Gasteiger partial charge in [0.15, 0.2) is 0 Å². The summed E-state index contributed by atoms with van der Waals surface area (Å²) in [6, 6.07) is 12.0. The highest BCUT2D eigenvalue weighted by Crippen LogP contribution is 2.19. The Balaban J connectivity index is 1.73. The van der Waals surface area contributed by atoms with Crippen LogP contribution in [-0.2, 0) is 0 Å². The number of ether oxygens (including phenoxy) is 1. The molecule has 120 valence electrons. The van der Waals surface area contributed by atoms with Gasteiger partial charge in [0, 0.05) is 10.7 Å². The number of hydrogen-bond donors (Lipinski definition) is 1. The molecular weight excluding hydrogens is 308 g/mol. The minimum Gasteiger partial charge on any atom is -0.494 e. The molecule has 1 aromatic heterocycles. The third kappa shape index (κ3) is 4.05. The van der Waals surface area contributed by atoms with Gasteiger partial charge in [0.1, 0.15) is 11.6 Å². The van der Waals surface area contributed by atoms with Gasteiger partial charge in [0.25, 0.3) is 0 Å². The van der Waals surface area contributed by atoms with E-state index >= 15 is 0 Å². The number of nitrogens with zero attached hydrogens (tertiary/aromatic N) is 1. The normalized spacial score (nSPS) is 13.2. The number of pyridine rings is 1. The fourth-order valence-corrected chi connectivity index (χ4v) is 2.77. The maximum atomic E-state index is 6.29. The molecule has 0 atom stereocenters. The van der Waals surface area contributed by atoms with Gasteiger partial charge in [-0.25, -0.2) is 4.98 Å². The first-order valence-corrected chi connectivity index (χ1v) is 8.50. The molecule has 0 saturated carbocycles. The molecule has 1 aromatic carbocycles. The van der Waals surface area contributed by atoms with Crippen LogP contribution >= 0.6 is 11.6 Å². The zero-order valence-corrected chi connectivity index (χ0v) is 14.1. The Bertz CT molecular complexity index is 784. The van der Waals surface area contributed by atoms with Crippen LogP contribution in [-0.4, -0.2) is 11.6 Å². The molecule has 0 unspecified atom stereocenters. The summed E-state index contributed by atoms with van der Waals surface area (Å²) in [5.74, 6) is 1.70. The number of rotatable bonds is 6. The molecule has 3 nitrogen and oxygen atoms in total. The van der Waals surface area contributed by atoms with Gasteiger partial charge in [-0.2, -0.15) is 0 Å². The number of benzene rings is 1. The van der Waals surface area contributed by atoms with Crippen LogP contribution in [0, 0.1) is 0 Å². The lowest BCUT2D eigenvalue weighted by Crippen LogP contribution is -2.31. The quantitative estimate of drug-likeness (QED) is 0.816. The molecule has 4 heteroatoms. The highest BCUT2D eigenvalue weighted by molar-refractivity contribution is 6.45. The Morgan fingerprint density at radius 2 is 2.00 bits per heavy atom. The monoisotopic (exact) mass is 328 g/mol. The molecule has 0 fully saturated rings. The Hall–Kier alpha value is -2.00. The van der Waals surface area contributed by atoms with Gasteiger partial charge in [-0.3, -0.25) is 0 Å². The maximum Gasteiger partial charge on any atom is 0.131 e. The van der Waals surface area contributed by atoms with Gasteiger partial charge in [-0.1, -0.05) is 31.0 Å². The third-order valence-corrected chi connectivity index (χ3v) is 4.17. The standard InChI is InChI=1S/C19H21ClN2O/c1-2-3-13-23-16-10-8-15(9-11-16)21-18-12-7-14-5-4-6-17(20)19(14)22-18/h5,7-12H,2-4,6,13H2,1H3,(H,21,22). The second-order valence-electron chi connectivity index (χ2n) is 5.63. The van der Waals surface area contributed by atoms with Crippen LogP contribution in [0.4, 0.5) is 11.5 Å². The van der Waals surface area contributed by atoms with Crippen LogP contribution in [0.3, 0.4) is 0 Å². The number of hydrogen-bond acceptors (Lipinski definition) is 3. The van der Waals surface area contributed by atoms with Crippen molar-refractivity contribution >= 4 is 34.2 Å². The van der Waals surface area contributed by atoms with Crippen molar-refractivity contribution in [3.63, 3.8) is 0 Å². The minimum absolute atomic E-state index is 0.764. The molecule has 0 amide bonds. The van der Waals surface area contributed by atoms with Crippen molar-refractivity contribution in [1.82, 2.24) is 4.98 Å². The van der Waals surface area contributed by atoms with Gasteiger partial charge in [0.2, 0.25) is 0 Å². The Labute approximate surface area is 141 Å². The number of fused-ring (bicyclic) bond motifs is 1. The molecular formula is C19H21ClN2O. The van der Waals surface area contributed by atoms with E-state index < -0.39 is 0 Å². The van der Waals surface area contributed by atoms with E-state index in [1.807, 2.05) is 30.3 Å². The fourth-order valence-electron chi connectivity index (χ4n) is 2.51. The highest BCUT2D eigenvalue weighted by atomic mass is 35.5. The maximum absolute atomic E-state index is 6.29. The van der Waals surface area contributed by atoms with E-state index in [1.165, 1.54) is 0 Å². The van der Waals surface area contributed by atoms with Gasteiger partial charge in [-0.15, -0.1) is 0 Å². The summed E-state index contributed by atoms with van der Waals surface area (Å²) in [7, 11) is 0. The second-order valence-corrected chi connectivity index (χ2v) is 6.09. The molecule has 3 rings (SSSR count). The smallest absolute Gasteiger partial charge is 0.131 e. The van der Waals surface area contributed by atoms with Crippen molar-refractivity contribution in [2.45, 2.75) is 32.6 Å². The SMILES string of the molecule is CCCCOc1ccc(Nc2ccc3c(n2)=C(Cl)CCC=3)cc1. The predicted molar refractivity (Wildman–Crippen MR) is 96.6 cm³/mol. The Morgan fingerprint density at radius 3 is 2.78 bits per heavy atom. The van der Waals surface area contributed by atoms with Crippen molar-refractivity contribution in [1.29, 1.82) is 0 Å². The first-order valence-electron chi connectivity index (χ1n) is 8.12. The molecule has 0 bridgehead atoms. The predicted octanol–water partition coefficient (Wildman–Crippen LogP) is 3.93. The van der Waals surface area contributed by atoms with E-state index in [0.717, 1.165) is 65.1 Å². The summed E-state index contributed by atoms with van der Waals surface area (Å²) in [5.41, 5.74) is 0.983. The van der Waals surface area contributed by atoms with Crippen LogP contribution in [0.25, 0.3) is 11.1 Å². The summed E-state index contributed by atoms with van der Waals surface area (Å²) < 4.78 is 5.67. The van der Waals surface area contributed by atoms with E-state index in [0.29, 0.717) is 0 Å². The number of unbranched alkanes of at least 4 members (excludes halogenated alkanes) is 1. The van der Waals surface area contributed by atoms with Crippen molar-refractivity contribution in [2.75, 3.05) is 11.9 Å². The van der Waals surface area contributed by atoms with Gasteiger partial charge in [0.05, 0.1) is 12.0 Å². The lowest BCUT2D eigenvalue weighted by molar-refractivity contribution is 0.309. The number of halogens is 1. The zero-order chi connectivity index (χ0) is 16.1. The lowest BCUT2D eigenvalue weighted by Gasteiger charge is -2.10. The van der Waals surface area contributed by atoms with E-state index in [2.05, 4.69) is 29.4 Å². The zero-order valence-electron chi connectivity index (χ0n) is 13.3. The van der Waals surface area contributed by atoms with Crippen LogP contribution in [0.2, 0.25) is 0 Å². The number of aromatic nitrogens is 1. The number of nitrogens with one attached hydrogen (secondary N) is 1. The fraction of sp³-hybridized carbons (Fsp3) is 0.316. The summed E-state index contributed by atoms with van der Waals surface area (Å²) in [6.45, 7) is 2.92. The highest BCUT2D eigenvalue weighted by Gasteiger charge is 2.05. The van der Waals surface area contributed by atoms with Crippen molar-refractivity contribution < 1.29 is 4.74 Å². The molecule has 0 aliphatic heterocycles. The summed E-state index contributed by atoms with van der Waals surface area (Å²) in [4.78, 5) is 4.63. The molecule has 1 heterocycles. The van der Waals surface area contributed by atoms with Crippen LogP contribution in [0.15, 0.2) is 36.4 Å². The van der Waals surface area contributed by atoms with Gasteiger partial charge < -0.3 is 10.1 Å². The van der Waals surface area contributed by atoms with Crippen molar-refractivity contribution in [3.8, 4) is 5.75 Å². The van der Waals surface area contributed by atoms with E-state index in [4.69, 9.17) is 16.3 Å². The van der Waals surface area contributed by atoms with Crippen LogP contribution in [0.1, 0.15) is 32.6 Å².